The van der Waals surface area contributed by atoms with Crippen molar-refractivity contribution in [3.05, 3.63) is 5.01 Å². The van der Waals surface area contributed by atoms with E-state index in [2.05, 4.69) is 15.5 Å². The van der Waals surface area contributed by atoms with E-state index in [-0.39, 0.29) is 11.5 Å². The van der Waals surface area contributed by atoms with Gasteiger partial charge < -0.3 is 15.0 Å². The van der Waals surface area contributed by atoms with Crippen molar-refractivity contribution in [2.75, 3.05) is 31.6 Å². The number of nitrogens with zero attached hydrogens (tertiary/aromatic N) is 3. The fraction of sp³-hybridized carbons (Fsp3) is 0.727. The minimum Gasteiger partial charge on any atom is -0.372 e. The van der Waals surface area contributed by atoms with Gasteiger partial charge in [0.05, 0.1) is 12.2 Å². The van der Waals surface area contributed by atoms with Crippen LogP contribution in [0.3, 0.4) is 0 Å². The lowest BCUT2D eigenvalue weighted by Gasteiger charge is -2.37. The first kappa shape index (κ1) is 13.2. The molecule has 0 spiro atoms. The molecule has 0 saturated carbocycles. The molecule has 0 atom stereocenters. The molecule has 18 heavy (non-hydrogen) atoms. The molecule has 1 aromatic rings. The predicted octanol–water partition coefficient (Wildman–Crippen LogP) is 1.22. The molecule has 0 unspecified atom stereocenters. The molecule has 7 heteroatoms. The number of carbonyl (C=O) groups excluding carboxylic acids is 1. The standard InChI is InChI=1S/C11H18N4O2S/c1-4-12-10-14-13-8(18-10)9(16)15-5-6-17-11(2,3)7-15/h4-7H2,1-3H3,(H,12,14). The summed E-state index contributed by atoms with van der Waals surface area (Å²) in [6.07, 6.45) is 0. The molecule has 0 aliphatic carbocycles. The lowest BCUT2D eigenvalue weighted by molar-refractivity contribution is -0.0764. The summed E-state index contributed by atoms with van der Waals surface area (Å²) >= 11 is 1.29. The third kappa shape index (κ3) is 2.97. The summed E-state index contributed by atoms with van der Waals surface area (Å²) in [5.74, 6) is -0.0620. The van der Waals surface area contributed by atoms with E-state index in [0.717, 1.165) is 6.54 Å². The Bertz CT molecular complexity index is 432. The Morgan fingerprint density at radius 3 is 3.00 bits per heavy atom. The van der Waals surface area contributed by atoms with Gasteiger partial charge in [0.15, 0.2) is 0 Å². The first-order valence-electron chi connectivity index (χ1n) is 6.02. The van der Waals surface area contributed by atoms with Gasteiger partial charge in [0.1, 0.15) is 0 Å². The van der Waals surface area contributed by atoms with Crippen molar-refractivity contribution in [3.63, 3.8) is 0 Å². The third-order valence-corrected chi connectivity index (χ3v) is 3.52. The molecule has 6 nitrogen and oxygen atoms in total. The fourth-order valence-electron chi connectivity index (χ4n) is 1.86. The van der Waals surface area contributed by atoms with Gasteiger partial charge >= 0.3 is 0 Å². The quantitative estimate of drug-likeness (QED) is 0.894. The van der Waals surface area contributed by atoms with Gasteiger partial charge in [-0.1, -0.05) is 11.3 Å². The largest absolute Gasteiger partial charge is 0.372 e. The van der Waals surface area contributed by atoms with E-state index in [9.17, 15) is 4.79 Å². The van der Waals surface area contributed by atoms with Gasteiger partial charge in [-0.15, -0.1) is 10.2 Å². The highest BCUT2D eigenvalue weighted by molar-refractivity contribution is 7.17. The van der Waals surface area contributed by atoms with Crippen LogP contribution in [0, 0.1) is 0 Å². The number of hydrogen-bond acceptors (Lipinski definition) is 6. The zero-order chi connectivity index (χ0) is 13.2. The highest BCUT2D eigenvalue weighted by Crippen LogP contribution is 2.21. The van der Waals surface area contributed by atoms with Gasteiger partial charge in [-0.3, -0.25) is 4.79 Å². The molecular weight excluding hydrogens is 252 g/mol. The minimum atomic E-state index is -0.289. The Kier molecular flexibility index (Phi) is 3.82. The van der Waals surface area contributed by atoms with Gasteiger partial charge in [-0.05, 0) is 20.8 Å². The molecule has 100 valence electrons. The van der Waals surface area contributed by atoms with E-state index in [1.165, 1.54) is 11.3 Å². The lowest BCUT2D eigenvalue weighted by atomic mass is 10.1. The molecule has 0 bridgehead atoms. The number of hydrogen-bond donors (Lipinski definition) is 1. The number of anilines is 1. The molecular formula is C11H18N4O2S. The van der Waals surface area contributed by atoms with Crippen molar-refractivity contribution in [3.8, 4) is 0 Å². The van der Waals surface area contributed by atoms with Crippen LogP contribution >= 0.6 is 11.3 Å². The molecule has 1 saturated heterocycles. The van der Waals surface area contributed by atoms with Crippen LogP contribution in [0.25, 0.3) is 0 Å². The Hall–Kier alpha value is -1.21. The summed E-state index contributed by atoms with van der Waals surface area (Å²) in [4.78, 5) is 14.0. The maximum absolute atomic E-state index is 12.3. The molecule has 1 amide bonds. The second kappa shape index (κ2) is 5.19. The van der Waals surface area contributed by atoms with Crippen molar-refractivity contribution < 1.29 is 9.53 Å². The number of aromatic nitrogens is 2. The minimum absolute atomic E-state index is 0.0620. The molecule has 2 heterocycles. The van der Waals surface area contributed by atoms with E-state index < -0.39 is 0 Å². The van der Waals surface area contributed by atoms with Crippen LogP contribution in [0.4, 0.5) is 5.13 Å². The van der Waals surface area contributed by atoms with Crippen LogP contribution in [-0.2, 0) is 4.74 Å². The summed E-state index contributed by atoms with van der Waals surface area (Å²) in [5.41, 5.74) is -0.289. The summed E-state index contributed by atoms with van der Waals surface area (Å²) in [6, 6.07) is 0. The molecule has 2 rings (SSSR count). The fourth-order valence-corrected chi connectivity index (χ4v) is 2.64. The highest BCUT2D eigenvalue weighted by Gasteiger charge is 2.31. The second-order valence-corrected chi connectivity index (χ2v) is 5.76. The Morgan fingerprint density at radius 2 is 2.33 bits per heavy atom. The number of nitrogens with one attached hydrogen (secondary N) is 1. The van der Waals surface area contributed by atoms with E-state index in [1.807, 2.05) is 20.8 Å². The van der Waals surface area contributed by atoms with E-state index in [1.54, 1.807) is 4.90 Å². The Morgan fingerprint density at radius 1 is 1.56 bits per heavy atom. The topological polar surface area (TPSA) is 67.4 Å². The van der Waals surface area contributed by atoms with Gasteiger partial charge in [0.25, 0.3) is 5.91 Å². The van der Waals surface area contributed by atoms with E-state index in [0.29, 0.717) is 29.8 Å². The average molecular weight is 270 g/mol. The number of ether oxygens (including phenoxy) is 1. The highest BCUT2D eigenvalue weighted by atomic mass is 32.1. The maximum atomic E-state index is 12.3. The van der Waals surface area contributed by atoms with Gasteiger partial charge in [-0.2, -0.15) is 0 Å². The zero-order valence-electron chi connectivity index (χ0n) is 10.9. The summed E-state index contributed by atoms with van der Waals surface area (Å²) in [5, 5.41) is 12.0. The van der Waals surface area contributed by atoms with Crippen LogP contribution in [0.2, 0.25) is 0 Å². The second-order valence-electron chi connectivity index (χ2n) is 4.78. The normalized spacial score (nSPS) is 18.7. The lowest BCUT2D eigenvalue weighted by Crippen LogP contribution is -2.50. The SMILES string of the molecule is CCNc1nnc(C(=O)N2CCOC(C)(C)C2)s1. The smallest absolute Gasteiger partial charge is 0.285 e. The van der Waals surface area contributed by atoms with Gasteiger partial charge in [0, 0.05) is 19.6 Å². The monoisotopic (exact) mass is 270 g/mol. The molecule has 1 fully saturated rings. The molecule has 0 aromatic carbocycles. The van der Waals surface area contributed by atoms with E-state index in [4.69, 9.17) is 4.74 Å². The third-order valence-electron chi connectivity index (χ3n) is 2.65. The average Bonchev–Trinajstić information content (AvgIpc) is 2.76. The molecule has 1 N–H and O–H groups in total. The number of rotatable bonds is 3. The molecule has 0 radical (unpaired) electrons. The number of carbonyl (C=O) groups is 1. The van der Waals surface area contributed by atoms with E-state index >= 15 is 0 Å². The molecule has 1 aliphatic rings. The van der Waals surface area contributed by atoms with Crippen LogP contribution in [0.5, 0.6) is 0 Å². The summed E-state index contributed by atoms with van der Waals surface area (Å²) < 4.78 is 5.59. The van der Waals surface area contributed by atoms with Crippen molar-refractivity contribution >= 4 is 22.4 Å². The number of amides is 1. The zero-order valence-corrected chi connectivity index (χ0v) is 11.7. The van der Waals surface area contributed by atoms with Crippen molar-refractivity contribution in [2.45, 2.75) is 26.4 Å². The Labute approximate surface area is 110 Å². The van der Waals surface area contributed by atoms with Crippen LogP contribution in [-0.4, -0.2) is 52.8 Å². The Balaban J connectivity index is 2.05. The number of morpholine rings is 1. The first-order chi connectivity index (χ1) is 8.52. The first-order valence-corrected chi connectivity index (χ1v) is 6.84. The molecule has 1 aromatic heterocycles. The van der Waals surface area contributed by atoms with Crippen molar-refractivity contribution in [2.24, 2.45) is 0 Å². The van der Waals surface area contributed by atoms with Gasteiger partial charge in [0.2, 0.25) is 10.1 Å². The summed E-state index contributed by atoms with van der Waals surface area (Å²) in [7, 11) is 0. The van der Waals surface area contributed by atoms with Gasteiger partial charge in [-0.25, -0.2) is 0 Å². The predicted molar refractivity (Wildman–Crippen MR) is 70.0 cm³/mol. The van der Waals surface area contributed by atoms with Crippen LogP contribution < -0.4 is 5.32 Å². The van der Waals surface area contributed by atoms with Crippen molar-refractivity contribution in [1.29, 1.82) is 0 Å². The molecule has 1 aliphatic heterocycles. The van der Waals surface area contributed by atoms with Crippen molar-refractivity contribution in [1.82, 2.24) is 15.1 Å². The summed E-state index contributed by atoms with van der Waals surface area (Å²) in [6.45, 7) is 8.48. The maximum Gasteiger partial charge on any atom is 0.285 e. The van der Waals surface area contributed by atoms with Crippen LogP contribution in [0.15, 0.2) is 0 Å². The van der Waals surface area contributed by atoms with Crippen LogP contribution in [0.1, 0.15) is 30.6 Å².